The molecule has 0 aromatic carbocycles. The first kappa shape index (κ1) is 15.9. The number of likely N-dealkylation sites (N-methyl/N-ethyl adjacent to an activating group) is 1. The van der Waals surface area contributed by atoms with Crippen molar-refractivity contribution in [3.8, 4) is 0 Å². The van der Waals surface area contributed by atoms with Crippen LogP contribution in [-0.4, -0.2) is 53.6 Å². The number of hydrogen-bond donors (Lipinski definition) is 2. The summed E-state index contributed by atoms with van der Waals surface area (Å²) in [4.78, 5) is 13.9. The molecule has 1 unspecified atom stereocenters. The van der Waals surface area contributed by atoms with Crippen LogP contribution in [0.5, 0.6) is 0 Å². The van der Waals surface area contributed by atoms with Crippen LogP contribution in [0.25, 0.3) is 0 Å². The van der Waals surface area contributed by atoms with Gasteiger partial charge < -0.3 is 15.3 Å². The van der Waals surface area contributed by atoms with Gasteiger partial charge in [0.25, 0.3) is 5.56 Å². The molecule has 0 bridgehead atoms. The van der Waals surface area contributed by atoms with E-state index in [0.717, 1.165) is 6.54 Å². The van der Waals surface area contributed by atoms with Crippen LogP contribution in [0.1, 0.15) is 6.92 Å². The van der Waals surface area contributed by atoms with Gasteiger partial charge in [0.15, 0.2) is 0 Å². The molecule has 0 saturated carbocycles. The Labute approximate surface area is 118 Å². The summed E-state index contributed by atoms with van der Waals surface area (Å²) >= 11 is 6.03. The number of hydrogen-bond acceptors (Lipinski definition) is 5. The molecule has 1 rings (SSSR count). The second-order valence-electron chi connectivity index (χ2n) is 4.87. The SMILES string of the molecule is CC(CO)CNc1cnn(CCN(C)C)c(=O)c1Cl. The second-order valence-corrected chi connectivity index (χ2v) is 5.25. The number of anilines is 1. The highest BCUT2D eigenvalue weighted by molar-refractivity contribution is 6.32. The highest BCUT2D eigenvalue weighted by atomic mass is 35.5. The van der Waals surface area contributed by atoms with Crippen LogP contribution in [0.3, 0.4) is 0 Å². The molecule has 0 fully saturated rings. The molecule has 0 aliphatic rings. The van der Waals surface area contributed by atoms with Crippen LogP contribution in [0, 0.1) is 5.92 Å². The van der Waals surface area contributed by atoms with E-state index < -0.39 is 0 Å². The van der Waals surface area contributed by atoms with Crippen molar-refractivity contribution in [3.63, 3.8) is 0 Å². The lowest BCUT2D eigenvalue weighted by Gasteiger charge is -2.14. The van der Waals surface area contributed by atoms with E-state index in [9.17, 15) is 4.79 Å². The minimum absolute atomic E-state index is 0.0813. The van der Waals surface area contributed by atoms with Crippen molar-refractivity contribution in [1.29, 1.82) is 0 Å². The number of aliphatic hydroxyl groups is 1. The molecule has 0 spiro atoms. The molecule has 1 aromatic rings. The molecular formula is C12H21ClN4O2. The molecule has 2 N–H and O–H groups in total. The van der Waals surface area contributed by atoms with Gasteiger partial charge in [-0.3, -0.25) is 4.79 Å². The van der Waals surface area contributed by atoms with Gasteiger partial charge in [0, 0.05) is 19.7 Å². The average molecular weight is 289 g/mol. The average Bonchev–Trinajstić information content (AvgIpc) is 2.38. The van der Waals surface area contributed by atoms with Gasteiger partial charge in [0.2, 0.25) is 0 Å². The molecule has 19 heavy (non-hydrogen) atoms. The third-order valence-corrected chi connectivity index (χ3v) is 3.06. The zero-order chi connectivity index (χ0) is 14.4. The standard InChI is InChI=1S/C12H21ClN4O2/c1-9(8-18)6-14-10-7-15-17(5-4-16(2)3)12(19)11(10)13/h7,9,14,18H,4-6,8H2,1-3H3. The molecule has 1 heterocycles. The molecule has 0 aliphatic heterocycles. The first-order valence-corrected chi connectivity index (χ1v) is 6.58. The van der Waals surface area contributed by atoms with Gasteiger partial charge in [0.1, 0.15) is 5.02 Å². The van der Waals surface area contributed by atoms with Gasteiger partial charge >= 0.3 is 0 Å². The van der Waals surface area contributed by atoms with Crippen molar-refractivity contribution in [2.45, 2.75) is 13.5 Å². The Kier molecular flexibility index (Phi) is 6.27. The monoisotopic (exact) mass is 288 g/mol. The quantitative estimate of drug-likeness (QED) is 0.764. The molecule has 0 radical (unpaired) electrons. The maximum absolute atomic E-state index is 12.0. The molecule has 0 saturated heterocycles. The Bertz CT molecular complexity index is 462. The van der Waals surface area contributed by atoms with Crippen molar-refractivity contribution in [3.05, 3.63) is 21.6 Å². The number of rotatable bonds is 7. The smallest absolute Gasteiger partial charge is 0.287 e. The zero-order valence-electron chi connectivity index (χ0n) is 11.6. The lowest BCUT2D eigenvalue weighted by atomic mass is 10.2. The molecule has 1 atom stereocenters. The van der Waals surface area contributed by atoms with E-state index in [0.29, 0.717) is 18.8 Å². The number of aromatic nitrogens is 2. The third kappa shape index (κ3) is 4.81. The third-order valence-electron chi connectivity index (χ3n) is 2.70. The van der Waals surface area contributed by atoms with E-state index in [-0.39, 0.29) is 23.1 Å². The van der Waals surface area contributed by atoms with Gasteiger partial charge in [-0.2, -0.15) is 5.10 Å². The maximum atomic E-state index is 12.0. The Morgan fingerprint density at radius 1 is 1.58 bits per heavy atom. The van der Waals surface area contributed by atoms with Crippen molar-refractivity contribution in [2.75, 3.05) is 39.1 Å². The lowest BCUT2D eigenvalue weighted by Crippen LogP contribution is -2.29. The fraction of sp³-hybridized carbons (Fsp3) is 0.667. The van der Waals surface area contributed by atoms with E-state index in [2.05, 4.69) is 10.4 Å². The highest BCUT2D eigenvalue weighted by Gasteiger charge is 2.10. The van der Waals surface area contributed by atoms with Crippen molar-refractivity contribution in [1.82, 2.24) is 14.7 Å². The minimum Gasteiger partial charge on any atom is -0.396 e. The molecule has 1 aromatic heterocycles. The Morgan fingerprint density at radius 3 is 2.84 bits per heavy atom. The topological polar surface area (TPSA) is 70.4 Å². The van der Waals surface area contributed by atoms with Crippen molar-refractivity contribution >= 4 is 17.3 Å². The predicted molar refractivity (Wildman–Crippen MR) is 76.8 cm³/mol. The van der Waals surface area contributed by atoms with E-state index in [4.69, 9.17) is 16.7 Å². The van der Waals surface area contributed by atoms with E-state index in [1.807, 2.05) is 25.9 Å². The van der Waals surface area contributed by atoms with Gasteiger partial charge in [-0.1, -0.05) is 18.5 Å². The number of nitrogens with one attached hydrogen (secondary N) is 1. The summed E-state index contributed by atoms with van der Waals surface area (Å²) < 4.78 is 1.35. The number of nitrogens with zero attached hydrogens (tertiary/aromatic N) is 3. The van der Waals surface area contributed by atoms with Gasteiger partial charge in [0.05, 0.1) is 18.4 Å². The molecular weight excluding hydrogens is 268 g/mol. The lowest BCUT2D eigenvalue weighted by molar-refractivity contribution is 0.244. The Morgan fingerprint density at radius 2 is 2.26 bits per heavy atom. The summed E-state index contributed by atoms with van der Waals surface area (Å²) in [5.74, 6) is 0.0900. The normalized spacial score (nSPS) is 12.7. The van der Waals surface area contributed by atoms with Crippen molar-refractivity contribution in [2.24, 2.45) is 5.92 Å². The maximum Gasteiger partial charge on any atom is 0.287 e. The second kappa shape index (κ2) is 7.47. The van der Waals surface area contributed by atoms with Crippen LogP contribution < -0.4 is 10.9 Å². The fourth-order valence-corrected chi connectivity index (χ4v) is 1.60. The molecule has 7 heteroatoms. The molecule has 0 amide bonds. The summed E-state index contributed by atoms with van der Waals surface area (Å²) in [7, 11) is 3.86. The fourth-order valence-electron chi connectivity index (χ4n) is 1.39. The predicted octanol–water partition coefficient (Wildman–Crippen LogP) is 0.499. The van der Waals surface area contributed by atoms with Gasteiger partial charge in [-0.05, 0) is 20.0 Å². The molecule has 0 aliphatic carbocycles. The first-order chi connectivity index (χ1) is 8.95. The van der Waals surface area contributed by atoms with Crippen molar-refractivity contribution < 1.29 is 5.11 Å². The van der Waals surface area contributed by atoms with Crippen LogP contribution in [-0.2, 0) is 6.54 Å². The Hall–Kier alpha value is -1.11. The first-order valence-electron chi connectivity index (χ1n) is 6.20. The van der Waals surface area contributed by atoms with E-state index in [1.54, 1.807) is 6.20 Å². The summed E-state index contributed by atoms with van der Waals surface area (Å²) in [6, 6.07) is 0. The largest absolute Gasteiger partial charge is 0.396 e. The van der Waals surface area contributed by atoms with Crippen LogP contribution in [0.4, 0.5) is 5.69 Å². The summed E-state index contributed by atoms with van der Waals surface area (Å²) in [6.45, 7) is 3.74. The van der Waals surface area contributed by atoms with Crippen LogP contribution in [0.2, 0.25) is 5.02 Å². The summed E-state index contributed by atoms with van der Waals surface area (Å²) in [5.41, 5.74) is 0.207. The van der Waals surface area contributed by atoms with Gasteiger partial charge in [-0.25, -0.2) is 4.68 Å². The van der Waals surface area contributed by atoms with E-state index >= 15 is 0 Å². The highest BCUT2D eigenvalue weighted by Crippen LogP contribution is 2.15. The molecule has 6 nitrogen and oxygen atoms in total. The summed E-state index contributed by atoms with van der Waals surface area (Å²) in [6.07, 6.45) is 1.55. The van der Waals surface area contributed by atoms with E-state index in [1.165, 1.54) is 4.68 Å². The summed E-state index contributed by atoms with van der Waals surface area (Å²) in [5, 5.41) is 16.2. The minimum atomic E-state index is -0.301. The van der Waals surface area contributed by atoms with Gasteiger partial charge in [-0.15, -0.1) is 0 Å². The number of halogens is 1. The van der Waals surface area contributed by atoms with Crippen LogP contribution in [0.15, 0.2) is 11.0 Å². The number of aliphatic hydroxyl groups excluding tert-OH is 1. The zero-order valence-corrected chi connectivity index (χ0v) is 12.3. The molecule has 108 valence electrons. The van der Waals surface area contributed by atoms with Crippen LogP contribution >= 0.6 is 11.6 Å². The Balaban J connectivity index is 2.77.